The number of hydrogen-bond acceptors (Lipinski definition) is 5. The maximum atomic E-state index is 12.6. The first-order valence-corrected chi connectivity index (χ1v) is 12.0. The van der Waals surface area contributed by atoms with Gasteiger partial charge in [-0.2, -0.15) is 0 Å². The Bertz CT molecular complexity index is 916. The standard InChI is InChI=1S/C26H36N4O2/c1-18-23(15-25(31)29-22-10-5-4-6-11-22)19(2)28-26(27-18)21-13-14-30(17-21)16-20-9-7-8-12-24(20)32-3/h7-9,12,21-22H,4-6,10-11,13-17H2,1-3H3,(H,29,31)/t21-/m0/s1. The van der Waals surface area contributed by atoms with Crippen molar-refractivity contribution >= 4 is 5.91 Å². The van der Waals surface area contributed by atoms with Crippen molar-refractivity contribution in [3.05, 3.63) is 52.6 Å². The van der Waals surface area contributed by atoms with Gasteiger partial charge in [0.05, 0.1) is 13.5 Å². The average Bonchev–Trinajstić information content (AvgIpc) is 3.26. The molecule has 0 bridgehead atoms. The number of aryl methyl sites for hydroxylation is 2. The first-order chi connectivity index (χ1) is 15.5. The van der Waals surface area contributed by atoms with E-state index in [9.17, 15) is 4.79 Å². The molecule has 6 nitrogen and oxygen atoms in total. The first-order valence-electron chi connectivity index (χ1n) is 12.0. The van der Waals surface area contributed by atoms with Gasteiger partial charge in [-0.3, -0.25) is 9.69 Å². The summed E-state index contributed by atoms with van der Waals surface area (Å²) in [5, 5.41) is 3.22. The quantitative estimate of drug-likeness (QED) is 0.708. The van der Waals surface area contributed by atoms with Gasteiger partial charge in [0, 0.05) is 47.6 Å². The average molecular weight is 437 g/mol. The molecular formula is C26H36N4O2. The van der Waals surface area contributed by atoms with Crippen LogP contribution in [0.15, 0.2) is 24.3 Å². The maximum absolute atomic E-state index is 12.6. The van der Waals surface area contributed by atoms with Crippen LogP contribution in [-0.2, 0) is 17.8 Å². The van der Waals surface area contributed by atoms with Crippen molar-refractivity contribution in [3.63, 3.8) is 0 Å². The van der Waals surface area contributed by atoms with Crippen LogP contribution in [0.4, 0.5) is 0 Å². The molecule has 1 aliphatic carbocycles. The van der Waals surface area contributed by atoms with Crippen LogP contribution < -0.4 is 10.1 Å². The predicted octanol–water partition coefficient (Wildman–Crippen LogP) is 4.08. The van der Waals surface area contributed by atoms with Crippen LogP contribution in [-0.4, -0.2) is 47.0 Å². The monoisotopic (exact) mass is 436 g/mol. The zero-order chi connectivity index (χ0) is 22.5. The Hall–Kier alpha value is -2.47. The van der Waals surface area contributed by atoms with E-state index in [0.29, 0.717) is 18.4 Å². The zero-order valence-corrected chi connectivity index (χ0v) is 19.7. The fourth-order valence-electron chi connectivity index (χ4n) is 5.15. The number of benzene rings is 1. The summed E-state index contributed by atoms with van der Waals surface area (Å²) in [5.74, 6) is 2.28. The maximum Gasteiger partial charge on any atom is 0.224 e. The highest BCUT2D eigenvalue weighted by Crippen LogP contribution is 2.29. The van der Waals surface area contributed by atoms with Gasteiger partial charge in [-0.05, 0) is 45.7 Å². The van der Waals surface area contributed by atoms with Crippen LogP contribution in [0.1, 0.15) is 72.8 Å². The molecule has 2 heterocycles. The second kappa shape index (κ2) is 10.4. The largest absolute Gasteiger partial charge is 0.496 e. The normalized spacial score (nSPS) is 19.8. The Kier molecular flexibility index (Phi) is 7.40. The summed E-state index contributed by atoms with van der Waals surface area (Å²) < 4.78 is 5.51. The molecule has 1 saturated heterocycles. The number of para-hydroxylation sites is 1. The number of rotatable bonds is 7. The number of methoxy groups -OCH3 is 1. The molecule has 1 aliphatic heterocycles. The van der Waals surface area contributed by atoms with Crippen molar-refractivity contribution < 1.29 is 9.53 Å². The van der Waals surface area contributed by atoms with Gasteiger partial charge in [0.15, 0.2) is 0 Å². The molecule has 1 aromatic carbocycles. The molecule has 6 heteroatoms. The minimum atomic E-state index is 0.100. The van der Waals surface area contributed by atoms with Gasteiger partial charge in [0.2, 0.25) is 5.91 Å². The van der Waals surface area contributed by atoms with E-state index in [2.05, 4.69) is 22.3 Å². The second-order valence-corrected chi connectivity index (χ2v) is 9.34. The molecule has 0 unspecified atom stereocenters. The molecule has 32 heavy (non-hydrogen) atoms. The summed E-state index contributed by atoms with van der Waals surface area (Å²) in [7, 11) is 1.72. The van der Waals surface area contributed by atoms with Gasteiger partial charge in [0.25, 0.3) is 0 Å². The van der Waals surface area contributed by atoms with Gasteiger partial charge in [-0.1, -0.05) is 37.5 Å². The summed E-state index contributed by atoms with van der Waals surface area (Å²) >= 11 is 0. The van der Waals surface area contributed by atoms with Crippen molar-refractivity contribution in [1.29, 1.82) is 0 Å². The molecule has 0 radical (unpaired) electrons. The third-order valence-corrected chi connectivity index (χ3v) is 6.97. The number of nitrogens with zero attached hydrogens (tertiary/aromatic N) is 3. The van der Waals surface area contributed by atoms with Gasteiger partial charge in [-0.25, -0.2) is 9.97 Å². The molecule has 1 amide bonds. The highest BCUT2D eigenvalue weighted by Gasteiger charge is 2.28. The Labute approximate surface area is 191 Å². The van der Waals surface area contributed by atoms with Crippen molar-refractivity contribution in [2.24, 2.45) is 0 Å². The van der Waals surface area contributed by atoms with Crippen LogP contribution in [0.2, 0.25) is 0 Å². The summed E-state index contributed by atoms with van der Waals surface area (Å²) in [6, 6.07) is 8.55. The van der Waals surface area contributed by atoms with Gasteiger partial charge < -0.3 is 10.1 Å². The lowest BCUT2D eigenvalue weighted by Gasteiger charge is -2.23. The highest BCUT2D eigenvalue weighted by molar-refractivity contribution is 5.79. The van der Waals surface area contributed by atoms with Gasteiger partial charge in [0.1, 0.15) is 11.6 Å². The molecule has 4 rings (SSSR count). The molecule has 1 aromatic heterocycles. The molecule has 2 fully saturated rings. The van der Waals surface area contributed by atoms with Crippen molar-refractivity contribution in [2.75, 3.05) is 20.2 Å². The van der Waals surface area contributed by atoms with E-state index in [0.717, 1.165) is 67.4 Å². The summed E-state index contributed by atoms with van der Waals surface area (Å²) in [4.78, 5) is 24.8. The minimum Gasteiger partial charge on any atom is -0.496 e. The van der Waals surface area contributed by atoms with Crippen LogP contribution >= 0.6 is 0 Å². The predicted molar refractivity (Wildman–Crippen MR) is 126 cm³/mol. The number of likely N-dealkylation sites (tertiary alicyclic amines) is 1. The summed E-state index contributed by atoms with van der Waals surface area (Å²) in [5.41, 5.74) is 4.07. The number of amides is 1. The Morgan fingerprint density at radius 3 is 2.53 bits per heavy atom. The zero-order valence-electron chi connectivity index (χ0n) is 19.7. The van der Waals surface area contributed by atoms with Crippen LogP contribution in [0.5, 0.6) is 5.75 Å². The fraction of sp³-hybridized carbons (Fsp3) is 0.577. The van der Waals surface area contributed by atoms with E-state index in [1.54, 1.807) is 7.11 Å². The molecule has 2 aromatic rings. The Balaban J connectivity index is 1.38. The molecule has 1 N–H and O–H groups in total. The molecule has 1 saturated carbocycles. The van der Waals surface area contributed by atoms with Gasteiger partial charge >= 0.3 is 0 Å². The Morgan fingerprint density at radius 1 is 1.09 bits per heavy atom. The SMILES string of the molecule is COc1ccccc1CN1CC[C@H](c2nc(C)c(CC(=O)NC3CCCCC3)c(C)n2)C1. The number of nitrogens with one attached hydrogen (secondary N) is 1. The van der Waals surface area contributed by atoms with Crippen LogP contribution in [0, 0.1) is 13.8 Å². The second-order valence-electron chi connectivity index (χ2n) is 9.34. The smallest absolute Gasteiger partial charge is 0.224 e. The van der Waals surface area contributed by atoms with Crippen molar-refractivity contribution in [2.45, 2.75) is 77.3 Å². The molecule has 172 valence electrons. The summed E-state index contributed by atoms with van der Waals surface area (Å²) in [6.45, 7) is 6.87. The minimum absolute atomic E-state index is 0.100. The van der Waals surface area contributed by atoms with E-state index in [1.165, 1.54) is 24.8 Å². The number of carbonyl (C=O) groups excluding carboxylic acids is 1. The van der Waals surface area contributed by atoms with E-state index in [1.807, 2.05) is 26.0 Å². The van der Waals surface area contributed by atoms with Gasteiger partial charge in [-0.15, -0.1) is 0 Å². The fourth-order valence-corrected chi connectivity index (χ4v) is 5.15. The first kappa shape index (κ1) is 22.7. The lowest BCUT2D eigenvalue weighted by molar-refractivity contribution is -0.121. The molecule has 2 aliphatic rings. The topological polar surface area (TPSA) is 67.3 Å². The highest BCUT2D eigenvalue weighted by atomic mass is 16.5. The molecule has 0 spiro atoms. The van der Waals surface area contributed by atoms with Crippen LogP contribution in [0.3, 0.4) is 0 Å². The van der Waals surface area contributed by atoms with E-state index in [-0.39, 0.29) is 5.91 Å². The third kappa shape index (κ3) is 5.47. The van der Waals surface area contributed by atoms with Crippen molar-refractivity contribution in [1.82, 2.24) is 20.2 Å². The van der Waals surface area contributed by atoms with E-state index < -0.39 is 0 Å². The third-order valence-electron chi connectivity index (χ3n) is 6.97. The number of carbonyl (C=O) groups is 1. The van der Waals surface area contributed by atoms with Crippen LogP contribution in [0.25, 0.3) is 0 Å². The van der Waals surface area contributed by atoms with E-state index >= 15 is 0 Å². The number of aromatic nitrogens is 2. The number of ether oxygens (including phenoxy) is 1. The summed E-state index contributed by atoms with van der Waals surface area (Å²) in [6.07, 6.45) is 7.36. The lowest BCUT2D eigenvalue weighted by Crippen LogP contribution is -2.37. The number of hydrogen-bond donors (Lipinski definition) is 1. The van der Waals surface area contributed by atoms with Crippen molar-refractivity contribution in [3.8, 4) is 5.75 Å². The molecule has 1 atom stereocenters. The lowest BCUT2D eigenvalue weighted by atomic mass is 9.95. The molecular weight excluding hydrogens is 400 g/mol. The Morgan fingerprint density at radius 2 is 1.81 bits per heavy atom. The van der Waals surface area contributed by atoms with E-state index in [4.69, 9.17) is 14.7 Å².